The van der Waals surface area contributed by atoms with Crippen molar-refractivity contribution < 1.29 is 18.7 Å². The molecule has 1 aromatic rings. The lowest BCUT2D eigenvalue weighted by molar-refractivity contribution is -0.133. The number of nitrogens with zero attached hydrogens (tertiary/aromatic N) is 1. The van der Waals surface area contributed by atoms with Crippen molar-refractivity contribution in [1.82, 2.24) is 4.90 Å². The van der Waals surface area contributed by atoms with Gasteiger partial charge in [0, 0.05) is 13.1 Å². The molecule has 0 bridgehead atoms. The molecule has 3 N–H and O–H groups in total. The molecular weight excluding hydrogens is 254 g/mol. The molecule has 1 amide bonds. The number of benzene rings is 1. The number of alkyl halides is 2. The lowest BCUT2D eigenvalue weighted by Gasteiger charge is -2.21. The molecule has 6 heteroatoms. The molecule has 0 fully saturated rings. The van der Waals surface area contributed by atoms with E-state index in [0.29, 0.717) is 6.54 Å². The molecule has 106 valence electrons. The molecule has 1 rings (SSSR count). The number of hydrogen-bond acceptors (Lipinski definition) is 3. The zero-order chi connectivity index (χ0) is 14.3. The lowest BCUT2D eigenvalue weighted by Crippen LogP contribution is -2.38. The topological polar surface area (TPSA) is 66.6 Å². The van der Waals surface area contributed by atoms with Gasteiger partial charge in [0.1, 0.15) is 0 Å². The van der Waals surface area contributed by atoms with Gasteiger partial charge in [-0.05, 0) is 11.1 Å². The van der Waals surface area contributed by atoms with Crippen molar-refractivity contribution in [3.63, 3.8) is 0 Å². The van der Waals surface area contributed by atoms with Gasteiger partial charge in [0.05, 0.1) is 19.6 Å². The second-order valence-electron chi connectivity index (χ2n) is 4.15. The van der Waals surface area contributed by atoms with Crippen molar-refractivity contribution in [1.29, 1.82) is 0 Å². The third-order valence-electron chi connectivity index (χ3n) is 2.70. The summed E-state index contributed by atoms with van der Waals surface area (Å²) in [6, 6.07) is 7.09. The molecule has 0 unspecified atom stereocenters. The summed E-state index contributed by atoms with van der Waals surface area (Å²) >= 11 is 0. The van der Waals surface area contributed by atoms with Gasteiger partial charge in [0.2, 0.25) is 5.91 Å². The summed E-state index contributed by atoms with van der Waals surface area (Å²) in [6.45, 7) is -0.648. The number of rotatable bonds is 7. The molecule has 0 aliphatic rings. The molecule has 19 heavy (non-hydrogen) atoms. The van der Waals surface area contributed by atoms with E-state index >= 15 is 0 Å². The molecule has 0 aliphatic carbocycles. The van der Waals surface area contributed by atoms with E-state index in [1.165, 1.54) is 0 Å². The third kappa shape index (κ3) is 5.32. The smallest absolute Gasteiger partial charge is 0.255 e. The quantitative estimate of drug-likeness (QED) is 0.770. The second-order valence-corrected chi connectivity index (χ2v) is 4.15. The van der Waals surface area contributed by atoms with Crippen LogP contribution < -0.4 is 5.73 Å². The summed E-state index contributed by atoms with van der Waals surface area (Å²) in [5.41, 5.74) is 7.13. The maximum atomic E-state index is 12.3. The highest BCUT2D eigenvalue weighted by atomic mass is 19.3. The molecular formula is C13H18F2N2O2. The number of hydrogen-bond donors (Lipinski definition) is 2. The monoisotopic (exact) mass is 272 g/mol. The zero-order valence-corrected chi connectivity index (χ0v) is 10.6. The molecule has 4 nitrogen and oxygen atoms in total. The van der Waals surface area contributed by atoms with Crippen LogP contribution >= 0.6 is 0 Å². The Hall–Kier alpha value is -1.53. The fraction of sp³-hybridized carbons (Fsp3) is 0.462. The van der Waals surface area contributed by atoms with E-state index in [2.05, 4.69) is 0 Å². The predicted octanol–water partition coefficient (Wildman–Crippen LogP) is 0.774. The lowest BCUT2D eigenvalue weighted by atomic mass is 10.1. The van der Waals surface area contributed by atoms with E-state index in [9.17, 15) is 13.6 Å². The maximum absolute atomic E-state index is 12.3. The van der Waals surface area contributed by atoms with Crippen LogP contribution in [0.4, 0.5) is 8.78 Å². The normalized spacial score (nSPS) is 10.8. The van der Waals surface area contributed by atoms with Crippen LogP contribution in [0.3, 0.4) is 0 Å². The average molecular weight is 272 g/mol. The van der Waals surface area contributed by atoms with E-state index < -0.39 is 18.9 Å². The van der Waals surface area contributed by atoms with E-state index in [1.54, 1.807) is 24.3 Å². The van der Waals surface area contributed by atoms with E-state index in [-0.39, 0.29) is 19.6 Å². The number of aliphatic hydroxyl groups is 1. The predicted molar refractivity (Wildman–Crippen MR) is 67.7 cm³/mol. The van der Waals surface area contributed by atoms with Gasteiger partial charge in [0.15, 0.2) is 0 Å². The summed E-state index contributed by atoms with van der Waals surface area (Å²) < 4.78 is 24.6. The third-order valence-corrected chi connectivity index (χ3v) is 2.70. The Bertz CT molecular complexity index is 396. The molecule has 0 spiro atoms. The first-order chi connectivity index (χ1) is 9.06. The van der Waals surface area contributed by atoms with E-state index in [4.69, 9.17) is 10.8 Å². The molecule has 0 atom stereocenters. The summed E-state index contributed by atoms with van der Waals surface area (Å²) in [7, 11) is 0. The van der Waals surface area contributed by atoms with Gasteiger partial charge < -0.3 is 15.7 Å². The first kappa shape index (κ1) is 15.5. The van der Waals surface area contributed by atoms with Gasteiger partial charge in [-0.15, -0.1) is 0 Å². The van der Waals surface area contributed by atoms with Crippen LogP contribution in [0.25, 0.3) is 0 Å². The summed E-state index contributed by atoms with van der Waals surface area (Å²) in [6.07, 6.45) is -2.56. The van der Waals surface area contributed by atoms with Crippen LogP contribution in [0.2, 0.25) is 0 Å². The SMILES string of the molecule is NCc1ccc(CC(=O)N(CCO)CC(F)F)cc1. The number of nitrogens with two attached hydrogens (primary N) is 1. The fourth-order valence-electron chi connectivity index (χ4n) is 1.68. The Kier molecular flexibility index (Phi) is 6.38. The van der Waals surface area contributed by atoms with Crippen LogP contribution in [0, 0.1) is 0 Å². The average Bonchev–Trinajstić information content (AvgIpc) is 2.38. The standard InChI is InChI=1S/C13H18F2N2O2/c14-12(15)9-17(5-6-18)13(19)7-10-1-3-11(8-16)4-2-10/h1-4,12,18H,5-9,16H2. The van der Waals surface area contributed by atoms with E-state index in [1.807, 2.05) is 0 Å². The number of carbonyl (C=O) groups excluding carboxylic acids is 1. The summed E-state index contributed by atoms with van der Waals surface area (Å²) in [5.74, 6) is -0.421. The van der Waals surface area contributed by atoms with Gasteiger partial charge in [-0.2, -0.15) is 0 Å². The molecule has 0 aromatic heterocycles. The minimum atomic E-state index is -2.60. The Balaban J connectivity index is 2.63. The highest BCUT2D eigenvalue weighted by molar-refractivity contribution is 5.78. The second kappa shape index (κ2) is 7.81. The van der Waals surface area contributed by atoms with Crippen molar-refractivity contribution in [3.8, 4) is 0 Å². The zero-order valence-electron chi connectivity index (χ0n) is 10.6. The van der Waals surface area contributed by atoms with Crippen molar-refractivity contribution >= 4 is 5.91 Å². The first-order valence-corrected chi connectivity index (χ1v) is 6.01. The minimum absolute atomic E-state index is 0.0393. The maximum Gasteiger partial charge on any atom is 0.255 e. The van der Waals surface area contributed by atoms with E-state index in [0.717, 1.165) is 16.0 Å². The van der Waals surface area contributed by atoms with Crippen molar-refractivity contribution in [2.75, 3.05) is 19.7 Å². The van der Waals surface area contributed by atoms with Crippen LogP contribution in [0.1, 0.15) is 11.1 Å². The number of carbonyl (C=O) groups is 1. The van der Waals surface area contributed by atoms with Crippen molar-refractivity contribution in [3.05, 3.63) is 35.4 Å². The fourth-order valence-corrected chi connectivity index (χ4v) is 1.68. The van der Waals surface area contributed by atoms with Crippen LogP contribution in [0.15, 0.2) is 24.3 Å². The molecule has 0 heterocycles. The van der Waals surface area contributed by atoms with Crippen LogP contribution in [-0.2, 0) is 17.8 Å². The Labute approximate surface area is 110 Å². The Morgan fingerprint density at radius 1 is 1.26 bits per heavy atom. The largest absolute Gasteiger partial charge is 0.395 e. The first-order valence-electron chi connectivity index (χ1n) is 6.01. The number of amides is 1. The summed E-state index contributed by atoms with van der Waals surface area (Å²) in [4.78, 5) is 12.8. The van der Waals surface area contributed by atoms with Crippen LogP contribution in [0.5, 0.6) is 0 Å². The van der Waals surface area contributed by atoms with Crippen molar-refractivity contribution in [2.45, 2.75) is 19.4 Å². The molecule has 0 saturated carbocycles. The molecule has 1 aromatic carbocycles. The molecule has 0 saturated heterocycles. The highest BCUT2D eigenvalue weighted by Gasteiger charge is 2.17. The van der Waals surface area contributed by atoms with Gasteiger partial charge in [0.25, 0.3) is 6.43 Å². The minimum Gasteiger partial charge on any atom is -0.395 e. The van der Waals surface area contributed by atoms with Gasteiger partial charge in [-0.1, -0.05) is 24.3 Å². The highest BCUT2D eigenvalue weighted by Crippen LogP contribution is 2.07. The summed E-state index contributed by atoms with van der Waals surface area (Å²) in [5, 5.41) is 8.78. The van der Waals surface area contributed by atoms with Crippen LogP contribution in [-0.4, -0.2) is 42.0 Å². The van der Waals surface area contributed by atoms with Gasteiger partial charge >= 0.3 is 0 Å². The van der Waals surface area contributed by atoms with Gasteiger partial charge in [-0.25, -0.2) is 8.78 Å². The number of halogens is 2. The molecule has 0 aliphatic heterocycles. The Morgan fingerprint density at radius 3 is 2.32 bits per heavy atom. The van der Waals surface area contributed by atoms with Gasteiger partial charge in [-0.3, -0.25) is 4.79 Å². The Morgan fingerprint density at radius 2 is 1.84 bits per heavy atom. The molecule has 0 radical (unpaired) electrons. The number of aliphatic hydroxyl groups excluding tert-OH is 1. The van der Waals surface area contributed by atoms with Crippen molar-refractivity contribution in [2.24, 2.45) is 5.73 Å².